The van der Waals surface area contributed by atoms with Crippen molar-refractivity contribution in [3.8, 4) is 11.3 Å². The number of nitrogens with one attached hydrogen (secondary N) is 2. The fraction of sp³-hybridized carbons (Fsp3) is 0.214. The van der Waals surface area contributed by atoms with Gasteiger partial charge in [-0.2, -0.15) is 5.10 Å². The topological polar surface area (TPSA) is 91.0 Å². The van der Waals surface area contributed by atoms with Crippen LogP contribution in [0, 0.1) is 5.82 Å². The number of halogens is 1. The van der Waals surface area contributed by atoms with Crippen LogP contribution < -0.4 is 5.32 Å². The maximum atomic E-state index is 13.1. The second kappa shape index (κ2) is 11.9. The highest BCUT2D eigenvalue weighted by molar-refractivity contribution is 6.04. The number of amides is 2. The number of aryl methyl sites for hydroxylation is 1. The Hall–Kier alpha value is -4.33. The van der Waals surface area contributed by atoms with Crippen molar-refractivity contribution in [2.24, 2.45) is 0 Å². The Balaban J connectivity index is 1.21. The van der Waals surface area contributed by atoms with Crippen LogP contribution in [0.25, 0.3) is 11.3 Å². The minimum atomic E-state index is -0.275. The molecule has 0 bridgehead atoms. The predicted octanol–water partition coefficient (Wildman–Crippen LogP) is 5.35. The van der Waals surface area contributed by atoms with Gasteiger partial charge in [-0.3, -0.25) is 19.7 Å². The van der Waals surface area contributed by atoms with Crippen molar-refractivity contribution < 1.29 is 14.0 Å². The third-order valence-corrected chi connectivity index (χ3v) is 5.85. The Kier molecular flexibility index (Phi) is 8.18. The molecule has 0 aliphatic heterocycles. The number of hydrogen-bond donors (Lipinski definition) is 2. The monoisotopic (exact) mass is 485 g/mol. The number of H-pyrrole nitrogens is 1. The second-order valence-corrected chi connectivity index (χ2v) is 8.60. The first-order valence-corrected chi connectivity index (χ1v) is 11.9. The maximum absolute atomic E-state index is 13.1. The van der Waals surface area contributed by atoms with Crippen LogP contribution in [-0.4, -0.2) is 45.5 Å². The molecule has 4 aromatic rings. The number of pyridine rings is 1. The number of nitrogens with zero attached hydrogens (tertiary/aromatic N) is 3. The number of anilines is 1. The minimum absolute atomic E-state index is 0.0926. The molecule has 0 atom stereocenters. The van der Waals surface area contributed by atoms with Crippen LogP contribution in [0.4, 0.5) is 10.1 Å². The normalized spacial score (nSPS) is 10.7. The minimum Gasteiger partial charge on any atom is -0.342 e. The third-order valence-electron chi connectivity index (χ3n) is 5.85. The van der Waals surface area contributed by atoms with E-state index in [1.165, 1.54) is 18.3 Å². The van der Waals surface area contributed by atoms with Crippen molar-refractivity contribution in [3.05, 3.63) is 102 Å². The van der Waals surface area contributed by atoms with Gasteiger partial charge in [0, 0.05) is 48.5 Å². The maximum Gasteiger partial charge on any atom is 0.257 e. The molecule has 0 fully saturated rings. The van der Waals surface area contributed by atoms with Crippen LogP contribution in [0.5, 0.6) is 0 Å². The summed E-state index contributed by atoms with van der Waals surface area (Å²) in [6.07, 6.45) is 6.75. The molecule has 0 saturated heterocycles. The highest BCUT2D eigenvalue weighted by Gasteiger charge is 2.13. The summed E-state index contributed by atoms with van der Waals surface area (Å²) in [7, 11) is 1.78. The Morgan fingerprint density at radius 2 is 1.78 bits per heavy atom. The van der Waals surface area contributed by atoms with Crippen LogP contribution in [0.15, 0.2) is 79.1 Å². The van der Waals surface area contributed by atoms with E-state index in [9.17, 15) is 14.0 Å². The van der Waals surface area contributed by atoms with Gasteiger partial charge in [0.05, 0.1) is 11.3 Å². The van der Waals surface area contributed by atoms with Gasteiger partial charge in [-0.05, 0) is 79.9 Å². The van der Waals surface area contributed by atoms with E-state index < -0.39 is 0 Å². The first-order valence-electron chi connectivity index (χ1n) is 11.9. The Morgan fingerprint density at radius 3 is 2.56 bits per heavy atom. The van der Waals surface area contributed by atoms with Crippen LogP contribution in [0.1, 0.15) is 45.7 Å². The zero-order valence-electron chi connectivity index (χ0n) is 20.1. The summed E-state index contributed by atoms with van der Waals surface area (Å²) >= 11 is 0. The SMILES string of the molecule is CN(CCCCCc1cc(-c2ccc(F)cc2)n[nH]1)C(=O)c1cccc(NC(=O)c2cccnc2)c1. The highest BCUT2D eigenvalue weighted by atomic mass is 19.1. The second-order valence-electron chi connectivity index (χ2n) is 8.60. The van der Waals surface area contributed by atoms with E-state index in [-0.39, 0.29) is 17.6 Å². The molecule has 4 rings (SSSR count). The van der Waals surface area contributed by atoms with Crippen molar-refractivity contribution in [2.75, 3.05) is 18.9 Å². The summed E-state index contributed by atoms with van der Waals surface area (Å²) in [5.41, 5.74) is 4.24. The summed E-state index contributed by atoms with van der Waals surface area (Å²) in [6, 6.07) is 18.6. The number of rotatable bonds is 10. The van der Waals surface area contributed by atoms with Crippen LogP contribution in [-0.2, 0) is 6.42 Å². The summed E-state index contributed by atoms with van der Waals surface area (Å²) in [5.74, 6) is -0.633. The molecule has 2 aromatic carbocycles. The van der Waals surface area contributed by atoms with E-state index in [4.69, 9.17) is 0 Å². The van der Waals surface area contributed by atoms with Gasteiger partial charge < -0.3 is 10.2 Å². The lowest BCUT2D eigenvalue weighted by atomic mass is 10.1. The fourth-order valence-corrected chi connectivity index (χ4v) is 3.85. The van der Waals surface area contributed by atoms with Gasteiger partial charge in [0.25, 0.3) is 11.8 Å². The van der Waals surface area contributed by atoms with Crippen molar-refractivity contribution in [1.82, 2.24) is 20.1 Å². The third kappa shape index (κ3) is 6.63. The predicted molar refractivity (Wildman–Crippen MR) is 137 cm³/mol. The summed E-state index contributed by atoms with van der Waals surface area (Å²) < 4.78 is 13.1. The molecule has 0 radical (unpaired) electrons. The van der Waals surface area contributed by atoms with Crippen LogP contribution >= 0.6 is 0 Å². The molecule has 2 aromatic heterocycles. The molecule has 36 heavy (non-hydrogen) atoms. The lowest BCUT2D eigenvalue weighted by Crippen LogP contribution is -2.27. The molecule has 0 unspecified atom stereocenters. The number of hydrogen-bond acceptors (Lipinski definition) is 4. The molecule has 8 heteroatoms. The number of aromatic amines is 1. The Labute approximate surface area is 209 Å². The van der Waals surface area contributed by atoms with Crippen molar-refractivity contribution in [3.63, 3.8) is 0 Å². The van der Waals surface area contributed by atoms with Gasteiger partial charge in [0.1, 0.15) is 5.82 Å². The van der Waals surface area contributed by atoms with Gasteiger partial charge in [0.2, 0.25) is 0 Å². The van der Waals surface area contributed by atoms with E-state index >= 15 is 0 Å². The number of carbonyl (C=O) groups excluding carboxylic acids is 2. The first-order chi connectivity index (χ1) is 17.5. The summed E-state index contributed by atoms with van der Waals surface area (Å²) in [6.45, 7) is 0.634. The molecule has 0 aliphatic carbocycles. The molecule has 0 aliphatic rings. The van der Waals surface area contributed by atoms with Crippen LogP contribution in [0.3, 0.4) is 0 Å². The molecule has 2 heterocycles. The highest BCUT2D eigenvalue weighted by Crippen LogP contribution is 2.19. The average Bonchev–Trinajstić information content (AvgIpc) is 3.38. The number of unbranched alkanes of at least 4 members (excludes halogenated alkanes) is 2. The van der Waals surface area contributed by atoms with Gasteiger partial charge in [-0.1, -0.05) is 12.5 Å². The molecule has 0 spiro atoms. The Morgan fingerprint density at radius 1 is 0.972 bits per heavy atom. The van der Waals surface area contributed by atoms with Gasteiger partial charge in [-0.25, -0.2) is 4.39 Å². The van der Waals surface area contributed by atoms with Crippen molar-refractivity contribution >= 4 is 17.5 Å². The van der Waals surface area contributed by atoms with Crippen LogP contribution in [0.2, 0.25) is 0 Å². The molecule has 184 valence electrons. The van der Waals surface area contributed by atoms with Gasteiger partial charge in [0.15, 0.2) is 0 Å². The number of carbonyl (C=O) groups is 2. The van der Waals surface area contributed by atoms with E-state index in [0.29, 0.717) is 23.4 Å². The van der Waals surface area contributed by atoms with E-state index in [2.05, 4.69) is 20.5 Å². The first kappa shape index (κ1) is 24.8. The number of aromatic nitrogens is 3. The Bertz CT molecular complexity index is 1310. The van der Waals surface area contributed by atoms with E-state index in [0.717, 1.165) is 42.6 Å². The lowest BCUT2D eigenvalue weighted by molar-refractivity contribution is 0.0792. The van der Waals surface area contributed by atoms with Gasteiger partial charge >= 0.3 is 0 Å². The average molecular weight is 486 g/mol. The van der Waals surface area contributed by atoms with Crippen molar-refractivity contribution in [1.29, 1.82) is 0 Å². The summed E-state index contributed by atoms with van der Waals surface area (Å²) in [5, 5.41) is 10.2. The molecule has 2 N–H and O–H groups in total. The summed E-state index contributed by atoms with van der Waals surface area (Å²) in [4.78, 5) is 30.9. The van der Waals surface area contributed by atoms with Crippen molar-refractivity contribution in [2.45, 2.75) is 25.7 Å². The lowest BCUT2D eigenvalue weighted by Gasteiger charge is -2.17. The molecule has 7 nitrogen and oxygen atoms in total. The smallest absolute Gasteiger partial charge is 0.257 e. The quantitative estimate of drug-likeness (QED) is 0.296. The number of benzene rings is 2. The fourth-order valence-electron chi connectivity index (χ4n) is 3.85. The van der Waals surface area contributed by atoms with E-state index in [1.807, 2.05) is 6.07 Å². The van der Waals surface area contributed by atoms with Gasteiger partial charge in [-0.15, -0.1) is 0 Å². The molecular formula is C28H28FN5O2. The molecule has 0 saturated carbocycles. The molecule has 2 amide bonds. The largest absolute Gasteiger partial charge is 0.342 e. The zero-order chi connectivity index (χ0) is 25.3. The standard InChI is InChI=1S/C28H28FN5O2/c1-34(16-4-2-3-9-25-18-26(33-32-25)20-11-13-23(29)14-12-20)28(36)21-7-5-10-24(17-21)31-27(35)22-8-6-15-30-19-22/h5-8,10-15,17-19H,2-4,9,16H2,1H3,(H,31,35)(H,32,33). The molecular weight excluding hydrogens is 457 g/mol. The zero-order valence-corrected chi connectivity index (χ0v) is 20.1. The van der Waals surface area contributed by atoms with E-state index in [1.54, 1.807) is 66.7 Å².